The molecule has 2 aromatic rings. The smallest absolute Gasteiger partial charge is 0.326 e. The van der Waals surface area contributed by atoms with Crippen molar-refractivity contribution in [3.63, 3.8) is 0 Å². The minimum absolute atomic E-state index is 0.0677. The van der Waals surface area contributed by atoms with Crippen molar-refractivity contribution in [2.45, 2.75) is 32.9 Å². The second-order valence-corrected chi connectivity index (χ2v) is 5.76. The molecule has 2 N–H and O–H groups in total. The molecule has 0 spiro atoms. The van der Waals surface area contributed by atoms with Gasteiger partial charge in [0.15, 0.2) is 0 Å². The number of carbonyl (C=O) groups excluding carboxylic acids is 1. The zero-order valence-corrected chi connectivity index (χ0v) is 13.1. The van der Waals surface area contributed by atoms with Gasteiger partial charge in [-0.15, -0.1) is 5.10 Å². The second kappa shape index (κ2) is 7.53. The summed E-state index contributed by atoms with van der Waals surface area (Å²) in [6.07, 6.45) is 2.04. The van der Waals surface area contributed by atoms with Gasteiger partial charge in [-0.25, -0.2) is 9.48 Å². The molecule has 0 aliphatic carbocycles. The number of hydrogen-bond acceptors (Lipinski definition) is 4. The van der Waals surface area contributed by atoms with Crippen LogP contribution in [0.25, 0.3) is 11.3 Å². The van der Waals surface area contributed by atoms with Crippen LogP contribution in [0, 0.1) is 5.92 Å². The number of carboxylic acids is 1. The molecule has 7 nitrogen and oxygen atoms in total. The highest BCUT2D eigenvalue weighted by molar-refractivity contribution is 5.83. The minimum atomic E-state index is -1.03. The van der Waals surface area contributed by atoms with E-state index in [0.717, 1.165) is 5.56 Å². The van der Waals surface area contributed by atoms with Gasteiger partial charge in [-0.05, 0) is 12.3 Å². The topological polar surface area (TPSA) is 97.1 Å². The van der Waals surface area contributed by atoms with Crippen LogP contribution in [0.4, 0.5) is 0 Å². The van der Waals surface area contributed by atoms with Gasteiger partial charge in [0, 0.05) is 5.56 Å². The van der Waals surface area contributed by atoms with Gasteiger partial charge >= 0.3 is 5.97 Å². The van der Waals surface area contributed by atoms with Crippen molar-refractivity contribution >= 4 is 11.9 Å². The normalized spacial score (nSPS) is 12.1. The van der Waals surface area contributed by atoms with Crippen LogP contribution in [-0.4, -0.2) is 38.0 Å². The lowest BCUT2D eigenvalue weighted by Gasteiger charge is -2.16. The first-order valence-corrected chi connectivity index (χ1v) is 7.43. The lowest BCUT2D eigenvalue weighted by atomic mass is 10.0. The molecule has 0 aliphatic rings. The Morgan fingerprint density at radius 2 is 1.96 bits per heavy atom. The summed E-state index contributed by atoms with van der Waals surface area (Å²) >= 11 is 0. The van der Waals surface area contributed by atoms with Crippen molar-refractivity contribution in [1.29, 1.82) is 0 Å². The predicted molar refractivity (Wildman–Crippen MR) is 84.5 cm³/mol. The van der Waals surface area contributed by atoms with Crippen LogP contribution in [0.15, 0.2) is 36.5 Å². The van der Waals surface area contributed by atoms with E-state index >= 15 is 0 Å². The van der Waals surface area contributed by atoms with Crippen LogP contribution in [0.2, 0.25) is 0 Å². The van der Waals surface area contributed by atoms with E-state index in [1.165, 1.54) is 4.68 Å². The zero-order valence-electron chi connectivity index (χ0n) is 13.1. The highest BCUT2D eigenvalue weighted by Gasteiger charge is 2.21. The maximum atomic E-state index is 12.0. The second-order valence-electron chi connectivity index (χ2n) is 5.76. The van der Waals surface area contributed by atoms with Crippen LogP contribution in [0.3, 0.4) is 0 Å². The van der Waals surface area contributed by atoms with Crippen molar-refractivity contribution in [3.05, 3.63) is 36.5 Å². The summed E-state index contributed by atoms with van der Waals surface area (Å²) in [6.45, 7) is 3.75. The van der Waals surface area contributed by atoms with Gasteiger partial charge < -0.3 is 10.4 Å². The summed E-state index contributed by atoms with van der Waals surface area (Å²) in [5, 5.41) is 19.6. The summed E-state index contributed by atoms with van der Waals surface area (Å²) in [6, 6.07) is 8.60. The van der Waals surface area contributed by atoms with E-state index < -0.39 is 17.9 Å². The third-order valence-electron chi connectivity index (χ3n) is 3.25. The molecule has 1 amide bonds. The Balaban J connectivity index is 1.98. The number of aromatic nitrogens is 3. The summed E-state index contributed by atoms with van der Waals surface area (Å²) < 4.78 is 1.39. The minimum Gasteiger partial charge on any atom is -0.480 e. The van der Waals surface area contributed by atoms with Crippen LogP contribution >= 0.6 is 0 Å². The lowest BCUT2D eigenvalue weighted by Crippen LogP contribution is -2.43. The van der Waals surface area contributed by atoms with E-state index in [0.29, 0.717) is 12.1 Å². The molecule has 0 fully saturated rings. The Kier molecular flexibility index (Phi) is 5.46. The summed E-state index contributed by atoms with van der Waals surface area (Å²) in [7, 11) is 0. The van der Waals surface area contributed by atoms with Gasteiger partial charge in [-0.3, -0.25) is 4.79 Å². The fraction of sp³-hybridized carbons (Fsp3) is 0.375. The Morgan fingerprint density at radius 3 is 2.57 bits per heavy atom. The number of benzene rings is 1. The average Bonchev–Trinajstić information content (AvgIpc) is 2.95. The van der Waals surface area contributed by atoms with E-state index in [1.54, 1.807) is 6.20 Å². The number of aliphatic carboxylic acids is 1. The highest BCUT2D eigenvalue weighted by atomic mass is 16.4. The molecule has 1 aromatic carbocycles. The maximum absolute atomic E-state index is 12.0. The maximum Gasteiger partial charge on any atom is 0.326 e. The van der Waals surface area contributed by atoms with Crippen LogP contribution < -0.4 is 5.32 Å². The number of carbonyl (C=O) groups is 2. The van der Waals surface area contributed by atoms with E-state index in [-0.39, 0.29) is 12.5 Å². The molecule has 0 radical (unpaired) electrons. The molecule has 0 bridgehead atoms. The standard InChI is InChI=1S/C16H20N4O3/c1-11(2)8-13(16(22)23)17-15(21)10-20-9-14(18-19-20)12-6-4-3-5-7-12/h3-7,9,11,13H,8,10H2,1-2H3,(H,17,21)(H,22,23). The molecule has 0 saturated heterocycles. The first-order chi connectivity index (χ1) is 11.0. The van der Waals surface area contributed by atoms with E-state index in [2.05, 4.69) is 15.6 Å². The van der Waals surface area contributed by atoms with Crippen LogP contribution in [0.1, 0.15) is 20.3 Å². The van der Waals surface area contributed by atoms with Crippen molar-refractivity contribution in [3.8, 4) is 11.3 Å². The molecule has 1 atom stereocenters. The zero-order chi connectivity index (χ0) is 16.8. The molecule has 7 heteroatoms. The fourth-order valence-electron chi connectivity index (χ4n) is 2.20. The Hall–Kier alpha value is -2.70. The summed E-state index contributed by atoms with van der Waals surface area (Å²) in [5.74, 6) is -1.26. The van der Waals surface area contributed by atoms with Crippen LogP contribution in [0.5, 0.6) is 0 Å². The van der Waals surface area contributed by atoms with E-state index in [9.17, 15) is 9.59 Å². The molecule has 0 saturated carbocycles. The predicted octanol–water partition coefficient (Wildman–Crippen LogP) is 1.56. The summed E-state index contributed by atoms with van der Waals surface area (Å²) in [4.78, 5) is 23.2. The van der Waals surface area contributed by atoms with Crippen molar-refractivity contribution in [2.75, 3.05) is 0 Å². The number of rotatable bonds is 7. The Bertz CT molecular complexity index is 667. The van der Waals surface area contributed by atoms with Gasteiger partial charge in [0.2, 0.25) is 5.91 Å². The third kappa shape index (κ3) is 4.91. The van der Waals surface area contributed by atoms with E-state index in [1.807, 2.05) is 44.2 Å². The first-order valence-electron chi connectivity index (χ1n) is 7.43. The molecule has 1 unspecified atom stereocenters. The fourth-order valence-corrected chi connectivity index (χ4v) is 2.20. The van der Waals surface area contributed by atoms with Gasteiger partial charge in [0.05, 0.1) is 6.20 Å². The number of carboxylic acid groups (broad SMARTS) is 1. The lowest BCUT2D eigenvalue weighted by molar-refractivity contribution is -0.142. The number of nitrogens with one attached hydrogen (secondary N) is 1. The molecule has 1 heterocycles. The van der Waals surface area contributed by atoms with Crippen molar-refractivity contribution in [2.24, 2.45) is 5.92 Å². The Labute approximate surface area is 134 Å². The molecule has 2 rings (SSSR count). The average molecular weight is 316 g/mol. The highest BCUT2D eigenvalue weighted by Crippen LogP contribution is 2.14. The number of nitrogens with zero attached hydrogens (tertiary/aromatic N) is 3. The largest absolute Gasteiger partial charge is 0.480 e. The molecule has 122 valence electrons. The first kappa shape index (κ1) is 16.7. The molecular formula is C16H20N4O3. The number of hydrogen-bond donors (Lipinski definition) is 2. The van der Waals surface area contributed by atoms with Crippen LogP contribution in [-0.2, 0) is 16.1 Å². The van der Waals surface area contributed by atoms with Gasteiger partial charge in [-0.1, -0.05) is 49.4 Å². The molecular weight excluding hydrogens is 296 g/mol. The SMILES string of the molecule is CC(C)CC(NC(=O)Cn1cc(-c2ccccc2)nn1)C(=O)O. The monoisotopic (exact) mass is 316 g/mol. The number of amides is 1. The third-order valence-corrected chi connectivity index (χ3v) is 3.25. The Morgan fingerprint density at radius 1 is 1.26 bits per heavy atom. The van der Waals surface area contributed by atoms with Gasteiger partial charge in [-0.2, -0.15) is 0 Å². The summed E-state index contributed by atoms with van der Waals surface area (Å²) in [5.41, 5.74) is 1.57. The molecule has 0 aliphatic heterocycles. The quantitative estimate of drug-likeness (QED) is 0.808. The molecule has 23 heavy (non-hydrogen) atoms. The van der Waals surface area contributed by atoms with Gasteiger partial charge in [0.25, 0.3) is 0 Å². The van der Waals surface area contributed by atoms with Gasteiger partial charge in [0.1, 0.15) is 18.3 Å². The molecule has 1 aromatic heterocycles. The van der Waals surface area contributed by atoms with Crippen molar-refractivity contribution < 1.29 is 14.7 Å². The van der Waals surface area contributed by atoms with E-state index in [4.69, 9.17) is 5.11 Å². The van der Waals surface area contributed by atoms with Crippen molar-refractivity contribution in [1.82, 2.24) is 20.3 Å².